The van der Waals surface area contributed by atoms with Gasteiger partial charge < -0.3 is 0 Å². The molecule has 2 fully saturated rings. The van der Waals surface area contributed by atoms with E-state index < -0.39 is 0 Å². The summed E-state index contributed by atoms with van der Waals surface area (Å²) in [6.07, 6.45) is 48.8. The van der Waals surface area contributed by atoms with Crippen LogP contribution in [-0.4, -0.2) is 52.1 Å². The fourth-order valence-electron chi connectivity index (χ4n) is 13.5. The van der Waals surface area contributed by atoms with E-state index in [2.05, 4.69) is 39.8 Å². The summed E-state index contributed by atoms with van der Waals surface area (Å²) in [6, 6.07) is 0. The molecule has 2 aliphatic rings. The fourth-order valence-corrected chi connectivity index (χ4v) is 26.0. The van der Waals surface area contributed by atoms with Crippen molar-refractivity contribution in [3.63, 3.8) is 0 Å². The monoisotopic (exact) mass is 1370 g/mol. The number of hydrogen-bond donors (Lipinski definition) is 0. The number of thiocarbonyl (C=S) groups is 2. The molecule has 9 heterocycles. The highest BCUT2D eigenvalue weighted by Gasteiger charge is 2.35. The van der Waals surface area contributed by atoms with Gasteiger partial charge in [-0.3, -0.25) is 19.4 Å². The first-order valence-electron chi connectivity index (χ1n) is 34.0. The number of likely N-dealkylation sites (N-methyl/N-ethyl adjacent to an activating group) is 2. The van der Waals surface area contributed by atoms with Gasteiger partial charge in [-0.25, -0.2) is 0 Å². The summed E-state index contributed by atoms with van der Waals surface area (Å²) < 4.78 is 25.4. The Bertz CT molecular complexity index is 3450. The van der Waals surface area contributed by atoms with E-state index in [1.807, 2.05) is 81.9 Å². The van der Waals surface area contributed by atoms with Crippen molar-refractivity contribution in [2.75, 3.05) is 13.1 Å². The van der Waals surface area contributed by atoms with Crippen molar-refractivity contribution < 1.29 is 9.59 Å². The van der Waals surface area contributed by atoms with Gasteiger partial charge >= 0.3 is 0 Å². The molecule has 0 N–H and O–H groups in total. The van der Waals surface area contributed by atoms with Crippen molar-refractivity contribution in [3.05, 3.63) is 30.7 Å². The topological polar surface area (TPSA) is 66.4 Å². The number of carbonyl (C=O) groups excluding carboxylic acids is 2. The van der Waals surface area contributed by atoms with E-state index in [0.29, 0.717) is 33.6 Å². The Balaban J connectivity index is 1.05. The van der Waals surface area contributed by atoms with Crippen molar-refractivity contribution in [2.45, 2.75) is 260 Å². The Morgan fingerprint density at radius 1 is 0.379 bits per heavy atom. The highest BCUT2D eigenvalue weighted by Crippen LogP contribution is 2.58. The third kappa shape index (κ3) is 16.0. The van der Waals surface area contributed by atoms with Crippen LogP contribution in [0.4, 0.5) is 0 Å². The Hall–Kier alpha value is -1.90. The van der Waals surface area contributed by atoms with Gasteiger partial charge in [0, 0.05) is 33.6 Å². The molecule has 0 radical (unpaired) electrons. The lowest BCUT2D eigenvalue weighted by atomic mass is 9.88. The third-order valence-corrected chi connectivity index (χ3v) is 30.0. The van der Waals surface area contributed by atoms with Crippen LogP contribution in [-0.2, 0) is 22.4 Å². The largest absolute Gasteiger partial charge is 0.293 e. The highest BCUT2D eigenvalue weighted by atomic mass is 32.2. The number of unbranched alkanes of at least 4 members (excludes halogenated alkanes) is 24. The molecule has 0 bridgehead atoms. The van der Waals surface area contributed by atoms with Gasteiger partial charge in [0.05, 0.1) is 68.5 Å². The summed E-state index contributed by atoms with van der Waals surface area (Å²) in [6.45, 7) is 14.5. The van der Waals surface area contributed by atoms with E-state index in [1.54, 1.807) is 9.80 Å². The van der Waals surface area contributed by atoms with Crippen LogP contribution in [0, 0.1) is 11.8 Å². The van der Waals surface area contributed by atoms with Crippen molar-refractivity contribution in [3.8, 4) is 0 Å². The molecule has 2 amide bonds. The average Bonchev–Trinajstić information content (AvgIpc) is 1.54. The van der Waals surface area contributed by atoms with Gasteiger partial charge in [-0.2, -0.15) is 8.75 Å². The molecule has 2 atom stereocenters. The minimum atomic E-state index is 0.0453. The zero-order valence-electron chi connectivity index (χ0n) is 52.9. The van der Waals surface area contributed by atoms with Crippen LogP contribution in [0.2, 0.25) is 0 Å². The molecular weight excluding hydrogens is 1280 g/mol. The first-order valence-corrected chi connectivity index (χ1v) is 42.1. The van der Waals surface area contributed by atoms with E-state index in [0.717, 1.165) is 33.7 Å². The van der Waals surface area contributed by atoms with Gasteiger partial charge in [-0.1, -0.05) is 281 Å². The molecular formula is C70H94N4O2S11. The number of benzene rings is 1. The quantitative estimate of drug-likeness (QED) is 0.0214. The summed E-state index contributed by atoms with van der Waals surface area (Å²) in [5.74, 6) is 1.29. The second-order valence-electron chi connectivity index (χ2n) is 24.9. The van der Waals surface area contributed by atoms with E-state index in [1.165, 1.54) is 319 Å². The molecule has 0 spiro atoms. The van der Waals surface area contributed by atoms with Gasteiger partial charge in [-0.05, 0) is 61.8 Å². The molecule has 1 aromatic carbocycles. The van der Waals surface area contributed by atoms with Crippen molar-refractivity contribution >= 4 is 229 Å². The molecule has 6 nitrogen and oxygen atoms in total. The Morgan fingerprint density at radius 3 is 0.977 bits per heavy atom. The zero-order chi connectivity index (χ0) is 60.8. The minimum Gasteiger partial charge on any atom is -0.293 e. The summed E-state index contributed by atoms with van der Waals surface area (Å²) in [5, 5.41) is 2.54. The lowest BCUT2D eigenvalue weighted by Crippen LogP contribution is -2.27. The Labute approximate surface area is 567 Å². The van der Waals surface area contributed by atoms with Crippen molar-refractivity contribution in [1.29, 1.82) is 0 Å². The number of rotatable bonds is 40. The van der Waals surface area contributed by atoms with Crippen molar-refractivity contribution in [2.24, 2.45) is 11.8 Å². The average molecular weight is 1380 g/mol. The van der Waals surface area contributed by atoms with Crippen LogP contribution in [0.3, 0.4) is 0 Å². The van der Waals surface area contributed by atoms with E-state index in [4.69, 9.17) is 33.2 Å². The standard InChI is InChI=1S/C70H94N4O2S11/c1-7-13-17-21-25-27-31-35-39-45(37-33-29-23-19-15-9-3)41-47-49(43-51-67(75)73(11-5)69(77)81-51)79-63-57(47)83-61-53-55-56(72-87-71-55)54-60(59(53)85-65(61)63)86-66-62(54)84-58-48(50(80-64(58)66)44-52-68(76)74(12-6)70(78)82-52)42-46(38-34-30-24-20-16-10-4)40-36-32-28-26-22-18-14-8-2/h43-46H,7-42H2,1-6H3/b51-43-,52-44-. The number of carbonyl (C=O) groups is 2. The zero-order valence-corrected chi connectivity index (χ0v) is 61.8. The summed E-state index contributed by atoms with van der Waals surface area (Å²) >= 11 is 27.6. The molecule has 10 rings (SSSR count). The van der Waals surface area contributed by atoms with Crippen LogP contribution in [0.25, 0.3) is 81.0 Å². The maximum Gasteiger partial charge on any atom is 0.266 e. The third-order valence-electron chi connectivity index (χ3n) is 18.5. The maximum atomic E-state index is 13.9. The number of aromatic nitrogens is 2. The molecule has 2 aliphatic heterocycles. The molecule has 472 valence electrons. The molecule has 2 unspecified atom stereocenters. The smallest absolute Gasteiger partial charge is 0.266 e. The van der Waals surface area contributed by atoms with Gasteiger partial charge in [0.2, 0.25) is 0 Å². The van der Waals surface area contributed by atoms with Gasteiger partial charge in [0.15, 0.2) is 0 Å². The molecule has 0 aliphatic carbocycles. The fraction of sp³-hybridized carbons (Fsp3) is 0.629. The lowest BCUT2D eigenvalue weighted by molar-refractivity contribution is -0.122. The molecule has 87 heavy (non-hydrogen) atoms. The molecule has 2 saturated heterocycles. The predicted octanol–water partition coefficient (Wildman–Crippen LogP) is 26.3. The van der Waals surface area contributed by atoms with Gasteiger partial charge in [0.25, 0.3) is 11.8 Å². The van der Waals surface area contributed by atoms with Crippen LogP contribution in [0.5, 0.6) is 0 Å². The molecule has 8 aromatic rings. The summed E-state index contributed by atoms with van der Waals surface area (Å²) in [7, 11) is 0. The second-order valence-corrected chi connectivity index (χ2v) is 35.0. The van der Waals surface area contributed by atoms with Gasteiger partial charge in [-0.15, -0.1) is 68.0 Å². The van der Waals surface area contributed by atoms with Crippen molar-refractivity contribution in [1.82, 2.24) is 18.5 Å². The van der Waals surface area contributed by atoms with Crippen LogP contribution >= 0.6 is 128 Å². The molecule has 7 aromatic heterocycles. The SMILES string of the molecule is CCCCCCCCCCC(CCCCCCCC)Cc1c(/C=C2\SC(=S)N(CC)C2=O)sc2c1sc1c2sc2c3sc4c5sc(/C=C6\SC(=S)N(CC)C6=O)c(CC(CCCCCCCC)CCCCCCCCCC)c5sc4c3c3nsnc3c12. The van der Waals surface area contributed by atoms with E-state index >= 15 is 0 Å². The summed E-state index contributed by atoms with van der Waals surface area (Å²) in [5.41, 5.74) is 4.97. The van der Waals surface area contributed by atoms with Crippen LogP contribution < -0.4 is 0 Å². The predicted molar refractivity (Wildman–Crippen MR) is 406 cm³/mol. The number of fused-ring (bicyclic) bond motifs is 14. The number of amides is 2. The lowest BCUT2D eigenvalue weighted by Gasteiger charge is -2.18. The first-order chi connectivity index (χ1) is 42.6. The number of nitrogens with zero attached hydrogens (tertiary/aromatic N) is 4. The first kappa shape index (κ1) is 68.0. The Morgan fingerprint density at radius 2 is 0.667 bits per heavy atom. The number of hydrogen-bond acceptors (Lipinski definition) is 15. The molecule has 17 heteroatoms. The van der Waals surface area contributed by atoms with Crippen LogP contribution in [0.1, 0.15) is 268 Å². The normalized spacial score (nSPS) is 16.1. The molecule has 0 saturated carbocycles. The van der Waals surface area contributed by atoms with E-state index in [9.17, 15) is 9.59 Å². The van der Waals surface area contributed by atoms with Crippen LogP contribution in [0.15, 0.2) is 9.81 Å². The number of thioether (sulfide) groups is 2. The minimum absolute atomic E-state index is 0.0453. The van der Waals surface area contributed by atoms with Gasteiger partial charge in [0.1, 0.15) is 19.7 Å². The maximum absolute atomic E-state index is 13.9. The Kier molecular flexibility index (Phi) is 26.4. The summed E-state index contributed by atoms with van der Waals surface area (Å²) in [4.78, 5) is 35.4. The van der Waals surface area contributed by atoms with E-state index in [-0.39, 0.29) is 11.8 Å². The highest BCUT2D eigenvalue weighted by molar-refractivity contribution is 8.27. The number of thiophene rings is 6. The second kappa shape index (κ2) is 33.8.